The highest BCUT2D eigenvalue weighted by Crippen LogP contribution is 2.30. The van der Waals surface area contributed by atoms with Gasteiger partial charge in [0, 0.05) is 49.6 Å². The van der Waals surface area contributed by atoms with Crippen molar-refractivity contribution in [1.29, 1.82) is 0 Å². The maximum Gasteiger partial charge on any atom is 0.137 e. The normalized spacial score (nSPS) is 17.0. The Bertz CT molecular complexity index is 874. The molecule has 2 unspecified atom stereocenters. The van der Waals surface area contributed by atoms with Crippen molar-refractivity contribution >= 4 is 0 Å². The minimum Gasteiger partial charge on any atom is -0.349 e. The van der Waals surface area contributed by atoms with E-state index >= 15 is 0 Å². The lowest BCUT2D eigenvalue weighted by Gasteiger charge is -2.38. The molecule has 1 aromatic carbocycles. The van der Waals surface area contributed by atoms with Crippen molar-refractivity contribution in [3.63, 3.8) is 0 Å². The van der Waals surface area contributed by atoms with E-state index in [1.807, 2.05) is 0 Å². The lowest BCUT2D eigenvalue weighted by Crippen LogP contribution is -2.43. The molecule has 2 aromatic heterocycles. The molecule has 136 valence electrons. The zero-order valence-corrected chi connectivity index (χ0v) is 14.6. The standard InChI is InChI=1S/C19H21F2N5/c1-14(25-8-7-24-6-2-3-16(24)10-25)18(11-26-13-22-12-23-26)17-5-4-15(20)9-19(17)21/h2-6,9,12-14,18H,7-8,10-11H2,1H3. The van der Waals surface area contributed by atoms with E-state index in [9.17, 15) is 8.78 Å². The number of fused-ring (bicyclic) bond motifs is 1. The van der Waals surface area contributed by atoms with Crippen LogP contribution >= 0.6 is 0 Å². The van der Waals surface area contributed by atoms with Crippen LogP contribution in [0.2, 0.25) is 0 Å². The third-order valence-electron chi connectivity index (χ3n) is 5.29. The van der Waals surface area contributed by atoms with Gasteiger partial charge in [0.05, 0.1) is 6.54 Å². The molecular formula is C19H21F2N5. The Labute approximate surface area is 150 Å². The van der Waals surface area contributed by atoms with Gasteiger partial charge in [-0.25, -0.2) is 13.8 Å². The summed E-state index contributed by atoms with van der Waals surface area (Å²) in [4.78, 5) is 6.33. The van der Waals surface area contributed by atoms with E-state index in [2.05, 4.69) is 44.8 Å². The molecule has 4 rings (SSSR count). The lowest BCUT2D eigenvalue weighted by molar-refractivity contribution is 0.136. The summed E-state index contributed by atoms with van der Waals surface area (Å²) in [6, 6.07) is 8.05. The van der Waals surface area contributed by atoms with Crippen molar-refractivity contribution in [2.24, 2.45) is 0 Å². The number of aromatic nitrogens is 4. The van der Waals surface area contributed by atoms with E-state index in [4.69, 9.17) is 0 Å². The molecule has 0 spiro atoms. The van der Waals surface area contributed by atoms with Crippen molar-refractivity contribution in [1.82, 2.24) is 24.2 Å². The molecule has 0 saturated heterocycles. The number of halogens is 2. The molecule has 0 amide bonds. The summed E-state index contributed by atoms with van der Waals surface area (Å²) < 4.78 is 31.9. The van der Waals surface area contributed by atoms with Crippen molar-refractivity contribution in [2.45, 2.75) is 38.5 Å². The maximum atomic E-state index is 14.5. The molecule has 3 aromatic rings. The Morgan fingerprint density at radius 1 is 1.19 bits per heavy atom. The molecule has 0 bridgehead atoms. The summed E-state index contributed by atoms with van der Waals surface area (Å²) in [6.07, 6.45) is 5.18. The molecule has 0 saturated carbocycles. The fourth-order valence-corrected chi connectivity index (χ4v) is 3.78. The molecule has 7 heteroatoms. The summed E-state index contributed by atoms with van der Waals surface area (Å²) >= 11 is 0. The third kappa shape index (κ3) is 3.26. The van der Waals surface area contributed by atoms with Crippen molar-refractivity contribution in [3.8, 4) is 0 Å². The van der Waals surface area contributed by atoms with Crippen LogP contribution in [0.15, 0.2) is 49.2 Å². The van der Waals surface area contributed by atoms with Crippen molar-refractivity contribution < 1.29 is 8.78 Å². The second-order valence-corrected chi connectivity index (χ2v) is 6.79. The zero-order valence-electron chi connectivity index (χ0n) is 14.6. The SMILES string of the molecule is CC(C(Cn1cncn1)c1ccc(F)cc1F)N1CCn2cccc2C1. The Morgan fingerprint density at radius 3 is 2.85 bits per heavy atom. The van der Waals surface area contributed by atoms with E-state index in [-0.39, 0.29) is 12.0 Å². The number of hydrogen-bond acceptors (Lipinski definition) is 3. The average Bonchev–Trinajstić information content (AvgIpc) is 3.30. The van der Waals surface area contributed by atoms with Gasteiger partial charge in [-0.3, -0.25) is 9.58 Å². The van der Waals surface area contributed by atoms with Gasteiger partial charge in [0.2, 0.25) is 0 Å². The van der Waals surface area contributed by atoms with Crippen LogP contribution in [0.4, 0.5) is 8.78 Å². The number of benzene rings is 1. The van der Waals surface area contributed by atoms with Gasteiger partial charge >= 0.3 is 0 Å². The Morgan fingerprint density at radius 2 is 2.08 bits per heavy atom. The number of rotatable bonds is 5. The van der Waals surface area contributed by atoms with Crippen LogP contribution in [0.1, 0.15) is 24.1 Å². The Balaban J connectivity index is 1.63. The van der Waals surface area contributed by atoms with Crippen molar-refractivity contribution in [3.05, 3.63) is 72.1 Å². The second-order valence-electron chi connectivity index (χ2n) is 6.79. The Hall–Kier alpha value is -2.54. The molecule has 1 aliphatic rings. The Kier molecular flexibility index (Phi) is 4.55. The van der Waals surface area contributed by atoms with E-state index in [0.717, 1.165) is 25.7 Å². The predicted molar refractivity (Wildman–Crippen MR) is 93.4 cm³/mol. The van der Waals surface area contributed by atoms with Gasteiger partial charge in [0.25, 0.3) is 0 Å². The molecular weight excluding hydrogens is 336 g/mol. The first-order valence-electron chi connectivity index (χ1n) is 8.77. The van der Waals surface area contributed by atoms with Crippen LogP contribution in [0.3, 0.4) is 0 Å². The summed E-state index contributed by atoms with van der Waals surface area (Å²) in [6.45, 7) is 5.20. The molecule has 0 radical (unpaired) electrons. The van der Waals surface area contributed by atoms with Crippen LogP contribution in [0.5, 0.6) is 0 Å². The maximum absolute atomic E-state index is 14.5. The molecule has 2 atom stereocenters. The minimum absolute atomic E-state index is 0.0582. The first-order chi connectivity index (χ1) is 12.6. The van der Waals surface area contributed by atoms with Gasteiger partial charge in [0.1, 0.15) is 24.3 Å². The van der Waals surface area contributed by atoms with E-state index < -0.39 is 11.6 Å². The number of hydrogen-bond donors (Lipinski definition) is 0. The largest absolute Gasteiger partial charge is 0.349 e. The summed E-state index contributed by atoms with van der Waals surface area (Å²) in [5.74, 6) is -1.24. The van der Waals surface area contributed by atoms with Gasteiger partial charge in [-0.15, -0.1) is 0 Å². The minimum atomic E-state index is -0.561. The average molecular weight is 357 g/mol. The smallest absolute Gasteiger partial charge is 0.137 e. The van der Waals surface area contributed by atoms with E-state index in [0.29, 0.717) is 12.1 Å². The quantitative estimate of drug-likeness (QED) is 0.705. The van der Waals surface area contributed by atoms with Crippen LogP contribution in [-0.4, -0.2) is 36.8 Å². The second kappa shape index (κ2) is 6.99. The van der Waals surface area contributed by atoms with Crippen LogP contribution in [0, 0.1) is 11.6 Å². The van der Waals surface area contributed by atoms with Crippen LogP contribution < -0.4 is 0 Å². The van der Waals surface area contributed by atoms with Crippen molar-refractivity contribution in [2.75, 3.05) is 6.54 Å². The highest BCUT2D eigenvalue weighted by atomic mass is 19.1. The summed E-state index contributed by atoms with van der Waals surface area (Å²) in [5.41, 5.74) is 1.76. The topological polar surface area (TPSA) is 38.9 Å². The fraction of sp³-hybridized carbons (Fsp3) is 0.368. The van der Waals surface area contributed by atoms with Gasteiger partial charge in [0.15, 0.2) is 0 Å². The summed E-state index contributed by atoms with van der Waals surface area (Å²) in [7, 11) is 0. The van der Waals surface area contributed by atoms with Crippen LogP contribution in [-0.2, 0) is 19.6 Å². The van der Waals surface area contributed by atoms with Gasteiger partial charge in [-0.05, 0) is 30.7 Å². The van der Waals surface area contributed by atoms with E-state index in [1.165, 1.54) is 18.1 Å². The molecule has 0 fully saturated rings. The highest BCUT2D eigenvalue weighted by molar-refractivity contribution is 5.24. The third-order valence-corrected chi connectivity index (χ3v) is 5.29. The first-order valence-corrected chi connectivity index (χ1v) is 8.77. The lowest BCUT2D eigenvalue weighted by atomic mass is 9.90. The molecule has 1 aliphatic heterocycles. The first kappa shape index (κ1) is 16.9. The fourth-order valence-electron chi connectivity index (χ4n) is 3.78. The highest BCUT2D eigenvalue weighted by Gasteiger charge is 2.30. The molecule has 0 aliphatic carbocycles. The molecule has 3 heterocycles. The number of nitrogens with zero attached hydrogens (tertiary/aromatic N) is 5. The zero-order chi connectivity index (χ0) is 18.1. The molecule has 5 nitrogen and oxygen atoms in total. The summed E-state index contributed by atoms with van der Waals surface area (Å²) in [5, 5.41) is 4.17. The molecule has 0 N–H and O–H groups in total. The monoisotopic (exact) mass is 357 g/mol. The molecule has 26 heavy (non-hydrogen) atoms. The van der Waals surface area contributed by atoms with Gasteiger partial charge in [-0.2, -0.15) is 5.10 Å². The van der Waals surface area contributed by atoms with Crippen LogP contribution in [0.25, 0.3) is 0 Å². The predicted octanol–water partition coefficient (Wildman–Crippen LogP) is 3.05. The van der Waals surface area contributed by atoms with Gasteiger partial charge in [-0.1, -0.05) is 6.07 Å². The van der Waals surface area contributed by atoms with Gasteiger partial charge < -0.3 is 4.57 Å². The van der Waals surface area contributed by atoms with E-state index in [1.54, 1.807) is 17.1 Å².